The van der Waals surface area contributed by atoms with Crippen molar-refractivity contribution in [1.29, 1.82) is 0 Å². The van der Waals surface area contributed by atoms with E-state index in [4.69, 9.17) is 5.11 Å². The van der Waals surface area contributed by atoms with Crippen LogP contribution in [0.3, 0.4) is 0 Å². The van der Waals surface area contributed by atoms with Crippen LogP contribution in [-0.4, -0.2) is 22.7 Å². The van der Waals surface area contributed by atoms with Crippen molar-refractivity contribution >= 4 is 21.9 Å². The molecule has 0 aromatic heterocycles. The highest BCUT2D eigenvalue weighted by Gasteiger charge is 2.49. The van der Waals surface area contributed by atoms with Crippen molar-refractivity contribution in [3.8, 4) is 5.75 Å². The van der Waals surface area contributed by atoms with E-state index in [1.54, 1.807) is 0 Å². The molecule has 0 atom stereocenters. The summed E-state index contributed by atoms with van der Waals surface area (Å²) in [4.78, 5) is 11.0. The molecule has 0 spiro atoms. The topological polar surface area (TPSA) is 69.6 Å². The second-order valence-corrected chi connectivity index (χ2v) is 5.84. The smallest absolute Gasteiger partial charge is 0.310 e. The van der Waals surface area contributed by atoms with Crippen molar-refractivity contribution in [1.82, 2.24) is 5.32 Å². The quantitative estimate of drug-likeness (QED) is 0.781. The number of nitrogens with one attached hydrogen (secondary N) is 1. The Kier molecular flexibility index (Phi) is 3.64. The number of halogens is 1. The fourth-order valence-electron chi connectivity index (χ4n) is 1.99. The SMILES string of the molecule is Cc1cc(Br)cc(CNCC2(C(=O)O)CC2)c1O. The molecule has 0 unspecified atom stereocenters. The molecule has 0 heterocycles. The molecule has 1 aromatic carbocycles. The van der Waals surface area contributed by atoms with Gasteiger partial charge in [-0.05, 0) is 37.5 Å². The lowest BCUT2D eigenvalue weighted by Gasteiger charge is -2.13. The minimum absolute atomic E-state index is 0.269. The Morgan fingerprint density at radius 3 is 2.72 bits per heavy atom. The van der Waals surface area contributed by atoms with Gasteiger partial charge < -0.3 is 15.5 Å². The van der Waals surface area contributed by atoms with E-state index in [1.165, 1.54) is 0 Å². The number of benzene rings is 1. The third-order valence-corrected chi connectivity index (χ3v) is 3.89. The molecule has 0 bridgehead atoms. The minimum atomic E-state index is -0.732. The molecule has 1 aliphatic rings. The number of phenolic OH excluding ortho intramolecular Hbond substituents is 1. The molecule has 3 N–H and O–H groups in total. The van der Waals surface area contributed by atoms with Crippen molar-refractivity contribution < 1.29 is 15.0 Å². The van der Waals surface area contributed by atoms with E-state index in [9.17, 15) is 9.90 Å². The number of hydrogen-bond acceptors (Lipinski definition) is 3. The van der Waals surface area contributed by atoms with Crippen LogP contribution in [0.15, 0.2) is 16.6 Å². The molecule has 1 saturated carbocycles. The van der Waals surface area contributed by atoms with Crippen LogP contribution in [0.2, 0.25) is 0 Å². The van der Waals surface area contributed by atoms with Gasteiger partial charge in [-0.15, -0.1) is 0 Å². The Hall–Kier alpha value is -1.07. The predicted octanol–water partition coefficient (Wildman–Crippen LogP) is 2.42. The van der Waals surface area contributed by atoms with Gasteiger partial charge in [0.1, 0.15) is 5.75 Å². The second-order valence-electron chi connectivity index (χ2n) is 4.92. The highest BCUT2D eigenvalue weighted by Crippen LogP contribution is 2.45. The lowest BCUT2D eigenvalue weighted by Crippen LogP contribution is -2.29. The molecular weight excluding hydrogens is 298 g/mol. The van der Waals surface area contributed by atoms with Gasteiger partial charge in [0.25, 0.3) is 0 Å². The average Bonchev–Trinajstić information content (AvgIpc) is 3.06. The fraction of sp³-hybridized carbons (Fsp3) is 0.462. The van der Waals surface area contributed by atoms with Crippen LogP contribution in [-0.2, 0) is 11.3 Å². The number of carbonyl (C=O) groups is 1. The van der Waals surface area contributed by atoms with E-state index in [0.29, 0.717) is 13.1 Å². The van der Waals surface area contributed by atoms with Crippen LogP contribution in [0.1, 0.15) is 24.0 Å². The van der Waals surface area contributed by atoms with Gasteiger partial charge in [0, 0.05) is 23.1 Å². The fourth-order valence-corrected chi connectivity index (χ4v) is 2.61. The van der Waals surface area contributed by atoms with Gasteiger partial charge in [0.05, 0.1) is 5.41 Å². The van der Waals surface area contributed by atoms with E-state index in [2.05, 4.69) is 21.2 Å². The third-order valence-electron chi connectivity index (χ3n) is 3.43. The molecule has 2 rings (SSSR count). The molecule has 4 nitrogen and oxygen atoms in total. The maximum Gasteiger partial charge on any atom is 0.310 e. The first-order valence-corrected chi connectivity index (χ1v) is 6.66. The summed E-state index contributed by atoms with van der Waals surface area (Å²) in [5.41, 5.74) is 1.01. The summed E-state index contributed by atoms with van der Waals surface area (Å²) in [5, 5.41) is 22.1. The largest absolute Gasteiger partial charge is 0.507 e. The zero-order valence-corrected chi connectivity index (χ0v) is 11.7. The molecule has 5 heteroatoms. The van der Waals surface area contributed by atoms with Crippen LogP contribution < -0.4 is 5.32 Å². The van der Waals surface area contributed by atoms with E-state index in [-0.39, 0.29) is 5.75 Å². The number of aryl methyl sites for hydroxylation is 1. The normalized spacial score (nSPS) is 16.6. The van der Waals surface area contributed by atoms with Crippen LogP contribution in [0.25, 0.3) is 0 Å². The highest BCUT2D eigenvalue weighted by atomic mass is 79.9. The van der Waals surface area contributed by atoms with Gasteiger partial charge in [-0.2, -0.15) is 0 Å². The lowest BCUT2D eigenvalue weighted by atomic mass is 10.1. The maximum atomic E-state index is 11.0. The van der Waals surface area contributed by atoms with Crippen molar-refractivity contribution in [2.75, 3.05) is 6.54 Å². The summed E-state index contributed by atoms with van der Waals surface area (Å²) in [6, 6.07) is 3.69. The van der Waals surface area contributed by atoms with Crippen LogP contribution >= 0.6 is 15.9 Å². The van der Waals surface area contributed by atoms with Gasteiger partial charge in [0.2, 0.25) is 0 Å². The van der Waals surface area contributed by atoms with Crippen molar-refractivity contribution in [3.63, 3.8) is 0 Å². The van der Waals surface area contributed by atoms with Crippen molar-refractivity contribution in [2.24, 2.45) is 5.41 Å². The molecule has 0 aliphatic heterocycles. The first-order chi connectivity index (χ1) is 8.44. The van der Waals surface area contributed by atoms with Gasteiger partial charge in [-0.25, -0.2) is 0 Å². The first-order valence-electron chi connectivity index (χ1n) is 5.87. The Balaban J connectivity index is 1.97. The Labute approximate surface area is 114 Å². The molecule has 0 amide bonds. The monoisotopic (exact) mass is 313 g/mol. The molecule has 1 aromatic rings. The Morgan fingerprint density at radius 1 is 1.50 bits per heavy atom. The minimum Gasteiger partial charge on any atom is -0.507 e. The number of aromatic hydroxyl groups is 1. The highest BCUT2D eigenvalue weighted by molar-refractivity contribution is 9.10. The summed E-state index contributed by atoms with van der Waals surface area (Å²) in [6.07, 6.45) is 1.47. The molecular formula is C13H16BrNO3. The maximum absolute atomic E-state index is 11.0. The Bertz CT molecular complexity index is 483. The van der Waals surface area contributed by atoms with Crippen LogP contribution in [0.4, 0.5) is 0 Å². The number of phenols is 1. The standard InChI is InChI=1S/C13H16BrNO3/c1-8-4-10(14)5-9(11(8)16)6-15-7-13(2-3-13)12(17)18/h4-5,15-16H,2-3,6-7H2,1H3,(H,17,18). The van der Waals surface area contributed by atoms with E-state index in [1.807, 2.05) is 19.1 Å². The molecule has 18 heavy (non-hydrogen) atoms. The van der Waals surface area contributed by atoms with E-state index < -0.39 is 11.4 Å². The molecule has 98 valence electrons. The lowest BCUT2D eigenvalue weighted by molar-refractivity contribution is -0.143. The van der Waals surface area contributed by atoms with Gasteiger partial charge >= 0.3 is 5.97 Å². The zero-order chi connectivity index (χ0) is 13.3. The summed E-state index contributed by atoms with van der Waals surface area (Å²) in [6.45, 7) is 2.76. The van der Waals surface area contributed by atoms with Gasteiger partial charge in [0.15, 0.2) is 0 Å². The molecule has 1 aliphatic carbocycles. The summed E-state index contributed by atoms with van der Waals surface area (Å²) >= 11 is 3.38. The summed E-state index contributed by atoms with van der Waals surface area (Å²) in [7, 11) is 0. The summed E-state index contributed by atoms with van der Waals surface area (Å²) < 4.78 is 0.911. The molecule has 0 saturated heterocycles. The molecule has 0 radical (unpaired) electrons. The number of hydrogen-bond donors (Lipinski definition) is 3. The third kappa shape index (κ3) is 2.67. The first kappa shape index (κ1) is 13.4. The zero-order valence-electron chi connectivity index (χ0n) is 10.2. The van der Waals surface area contributed by atoms with Gasteiger partial charge in [-0.1, -0.05) is 15.9 Å². The average molecular weight is 314 g/mol. The van der Waals surface area contributed by atoms with Gasteiger partial charge in [-0.3, -0.25) is 4.79 Å². The number of carboxylic acids is 1. The second kappa shape index (κ2) is 4.90. The number of carboxylic acid groups (broad SMARTS) is 1. The Morgan fingerprint density at radius 2 is 2.17 bits per heavy atom. The molecule has 1 fully saturated rings. The van der Waals surface area contributed by atoms with Crippen LogP contribution in [0, 0.1) is 12.3 Å². The van der Waals surface area contributed by atoms with E-state index >= 15 is 0 Å². The predicted molar refractivity (Wildman–Crippen MR) is 71.6 cm³/mol. The van der Waals surface area contributed by atoms with Crippen LogP contribution in [0.5, 0.6) is 5.75 Å². The number of aliphatic carboxylic acids is 1. The number of rotatable bonds is 5. The summed E-state index contributed by atoms with van der Waals surface area (Å²) in [5.74, 6) is -0.462. The van der Waals surface area contributed by atoms with Crippen molar-refractivity contribution in [2.45, 2.75) is 26.3 Å². The van der Waals surface area contributed by atoms with Crippen molar-refractivity contribution in [3.05, 3.63) is 27.7 Å². The van der Waals surface area contributed by atoms with E-state index in [0.717, 1.165) is 28.4 Å².